The van der Waals surface area contributed by atoms with Gasteiger partial charge in [0.2, 0.25) is 5.89 Å². The van der Waals surface area contributed by atoms with E-state index in [2.05, 4.69) is 20.8 Å². The minimum atomic E-state index is 0.447. The minimum absolute atomic E-state index is 0.447. The van der Waals surface area contributed by atoms with E-state index in [4.69, 9.17) is 4.52 Å². The zero-order valence-electron chi connectivity index (χ0n) is 10.1. The summed E-state index contributed by atoms with van der Waals surface area (Å²) >= 11 is 0. The van der Waals surface area contributed by atoms with Crippen LogP contribution in [0.1, 0.15) is 49.2 Å². The van der Waals surface area contributed by atoms with Gasteiger partial charge in [-0.05, 0) is 45.3 Å². The van der Waals surface area contributed by atoms with Crippen molar-refractivity contribution in [2.24, 2.45) is 0 Å². The van der Waals surface area contributed by atoms with Gasteiger partial charge in [0.25, 0.3) is 0 Å². The van der Waals surface area contributed by atoms with Crippen molar-refractivity contribution >= 4 is 0 Å². The highest BCUT2D eigenvalue weighted by atomic mass is 16.5. The Morgan fingerprint density at radius 3 is 2.65 bits per heavy atom. The van der Waals surface area contributed by atoms with Gasteiger partial charge in [0.15, 0.2) is 5.82 Å². The zero-order chi connectivity index (χ0) is 11.5. The summed E-state index contributed by atoms with van der Waals surface area (Å²) in [6.45, 7) is 4.24. The Kier molecular flexibility index (Phi) is 3.38. The molecule has 0 amide bonds. The number of hydrogen-bond donors (Lipinski definition) is 2. The third kappa shape index (κ3) is 2.50. The summed E-state index contributed by atoms with van der Waals surface area (Å²) in [6.07, 6.45) is 4.62. The molecule has 2 fully saturated rings. The predicted octanol–water partition coefficient (Wildman–Crippen LogP) is 1.00. The second kappa shape index (κ2) is 5.14. The number of nitrogens with one attached hydrogen (secondary N) is 2. The van der Waals surface area contributed by atoms with Crippen LogP contribution in [0.4, 0.5) is 0 Å². The molecule has 94 valence electrons. The Morgan fingerprint density at radius 1 is 1.00 bits per heavy atom. The van der Waals surface area contributed by atoms with Gasteiger partial charge in [-0.15, -0.1) is 0 Å². The predicted molar refractivity (Wildman–Crippen MR) is 64.0 cm³/mol. The molecular formula is C12H20N4O. The number of rotatable bonds is 2. The molecule has 17 heavy (non-hydrogen) atoms. The monoisotopic (exact) mass is 236 g/mol. The van der Waals surface area contributed by atoms with E-state index in [1.165, 1.54) is 12.8 Å². The number of aromatic nitrogens is 2. The van der Waals surface area contributed by atoms with Crippen LogP contribution in [0.15, 0.2) is 4.52 Å². The van der Waals surface area contributed by atoms with Crippen LogP contribution in [0.25, 0.3) is 0 Å². The van der Waals surface area contributed by atoms with Crippen LogP contribution >= 0.6 is 0 Å². The smallest absolute Gasteiger partial charge is 0.229 e. The summed E-state index contributed by atoms with van der Waals surface area (Å²) in [4.78, 5) is 4.61. The molecule has 2 saturated heterocycles. The molecule has 2 N–H and O–H groups in total. The first kappa shape index (κ1) is 11.2. The Bertz CT molecular complexity index is 321. The Hall–Kier alpha value is -0.940. The summed E-state index contributed by atoms with van der Waals surface area (Å²) < 4.78 is 5.44. The van der Waals surface area contributed by atoms with E-state index in [0.717, 1.165) is 50.7 Å². The number of piperidine rings is 2. The summed E-state index contributed by atoms with van der Waals surface area (Å²) in [7, 11) is 0. The molecule has 0 spiro atoms. The van der Waals surface area contributed by atoms with Crippen LogP contribution in [-0.2, 0) is 0 Å². The van der Waals surface area contributed by atoms with Crippen LogP contribution in [-0.4, -0.2) is 36.3 Å². The van der Waals surface area contributed by atoms with Gasteiger partial charge in [0, 0.05) is 18.4 Å². The molecule has 3 heterocycles. The Morgan fingerprint density at radius 2 is 1.88 bits per heavy atom. The second-order valence-electron chi connectivity index (χ2n) is 5.06. The van der Waals surface area contributed by atoms with E-state index < -0.39 is 0 Å². The van der Waals surface area contributed by atoms with E-state index >= 15 is 0 Å². The standard InChI is InChI=1S/C12H20N4O/c1-2-10(8-14-5-1)11-15-12(17-16-11)9-3-6-13-7-4-9/h9-10,13-14H,1-8H2. The largest absolute Gasteiger partial charge is 0.339 e. The SMILES string of the molecule is C1CNCC(c2noc(C3CCNCC3)n2)C1. The molecule has 0 bridgehead atoms. The van der Waals surface area contributed by atoms with Crippen LogP contribution in [0.2, 0.25) is 0 Å². The first-order valence-corrected chi connectivity index (χ1v) is 6.68. The van der Waals surface area contributed by atoms with Crippen molar-refractivity contribution in [2.45, 2.75) is 37.5 Å². The van der Waals surface area contributed by atoms with Crippen molar-refractivity contribution in [1.29, 1.82) is 0 Å². The molecule has 1 aromatic rings. The van der Waals surface area contributed by atoms with Gasteiger partial charge >= 0.3 is 0 Å². The molecule has 0 aromatic carbocycles. The maximum absolute atomic E-state index is 5.44. The highest BCUT2D eigenvalue weighted by Crippen LogP contribution is 2.26. The van der Waals surface area contributed by atoms with Gasteiger partial charge in [0.1, 0.15) is 0 Å². The number of hydrogen-bond acceptors (Lipinski definition) is 5. The molecule has 2 aliphatic heterocycles. The Labute approximate surface area is 101 Å². The van der Waals surface area contributed by atoms with Gasteiger partial charge in [-0.3, -0.25) is 0 Å². The third-order valence-corrected chi connectivity index (χ3v) is 3.81. The fraction of sp³-hybridized carbons (Fsp3) is 0.833. The lowest BCUT2D eigenvalue weighted by Crippen LogP contribution is -2.29. The van der Waals surface area contributed by atoms with Gasteiger partial charge < -0.3 is 15.2 Å². The van der Waals surface area contributed by atoms with Crippen molar-refractivity contribution in [3.8, 4) is 0 Å². The molecule has 0 saturated carbocycles. The van der Waals surface area contributed by atoms with Crippen LogP contribution in [0, 0.1) is 0 Å². The van der Waals surface area contributed by atoms with E-state index in [1.54, 1.807) is 0 Å². The molecule has 3 rings (SSSR count). The summed E-state index contributed by atoms with van der Waals surface area (Å²) in [5.41, 5.74) is 0. The quantitative estimate of drug-likeness (QED) is 0.802. The van der Waals surface area contributed by atoms with Crippen molar-refractivity contribution < 1.29 is 4.52 Å². The van der Waals surface area contributed by atoms with Crippen molar-refractivity contribution in [3.05, 3.63) is 11.7 Å². The molecule has 5 heteroatoms. The van der Waals surface area contributed by atoms with Gasteiger partial charge in [-0.2, -0.15) is 4.98 Å². The van der Waals surface area contributed by atoms with Crippen molar-refractivity contribution in [1.82, 2.24) is 20.8 Å². The second-order valence-corrected chi connectivity index (χ2v) is 5.06. The van der Waals surface area contributed by atoms with Gasteiger partial charge in [-0.25, -0.2) is 0 Å². The zero-order valence-corrected chi connectivity index (χ0v) is 10.1. The molecule has 5 nitrogen and oxygen atoms in total. The molecule has 2 aliphatic rings. The fourth-order valence-electron chi connectivity index (χ4n) is 2.72. The molecule has 1 aromatic heterocycles. The summed E-state index contributed by atoms with van der Waals surface area (Å²) in [5, 5.41) is 10.9. The number of nitrogens with zero attached hydrogens (tertiary/aromatic N) is 2. The lowest BCUT2D eigenvalue weighted by Gasteiger charge is -2.20. The van der Waals surface area contributed by atoms with Crippen LogP contribution < -0.4 is 10.6 Å². The molecular weight excluding hydrogens is 216 g/mol. The average Bonchev–Trinajstić information content (AvgIpc) is 2.90. The molecule has 1 unspecified atom stereocenters. The summed E-state index contributed by atoms with van der Waals surface area (Å²) in [6, 6.07) is 0. The van der Waals surface area contributed by atoms with E-state index in [-0.39, 0.29) is 0 Å². The topological polar surface area (TPSA) is 63.0 Å². The summed E-state index contributed by atoms with van der Waals surface area (Å²) in [5.74, 6) is 2.68. The van der Waals surface area contributed by atoms with Gasteiger partial charge in [-0.1, -0.05) is 5.16 Å². The normalized spacial score (nSPS) is 27.2. The third-order valence-electron chi connectivity index (χ3n) is 3.81. The average molecular weight is 236 g/mol. The van der Waals surface area contributed by atoms with E-state index in [1.807, 2.05) is 0 Å². The molecule has 0 aliphatic carbocycles. The van der Waals surface area contributed by atoms with Crippen LogP contribution in [0.5, 0.6) is 0 Å². The van der Waals surface area contributed by atoms with E-state index in [0.29, 0.717) is 11.8 Å². The van der Waals surface area contributed by atoms with Crippen molar-refractivity contribution in [3.63, 3.8) is 0 Å². The van der Waals surface area contributed by atoms with Crippen LogP contribution in [0.3, 0.4) is 0 Å². The highest BCUT2D eigenvalue weighted by molar-refractivity contribution is 5.02. The Balaban J connectivity index is 1.68. The van der Waals surface area contributed by atoms with Crippen molar-refractivity contribution in [2.75, 3.05) is 26.2 Å². The van der Waals surface area contributed by atoms with Gasteiger partial charge in [0.05, 0.1) is 0 Å². The minimum Gasteiger partial charge on any atom is -0.339 e. The first-order valence-electron chi connectivity index (χ1n) is 6.68. The lowest BCUT2D eigenvalue weighted by molar-refractivity contribution is 0.315. The lowest BCUT2D eigenvalue weighted by atomic mass is 9.97. The molecule has 0 radical (unpaired) electrons. The highest BCUT2D eigenvalue weighted by Gasteiger charge is 2.25. The maximum Gasteiger partial charge on any atom is 0.229 e. The van der Waals surface area contributed by atoms with E-state index in [9.17, 15) is 0 Å². The first-order chi connectivity index (χ1) is 8.43. The fourth-order valence-corrected chi connectivity index (χ4v) is 2.72. The molecule has 1 atom stereocenters. The maximum atomic E-state index is 5.44.